The minimum absolute atomic E-state index is 0.0700. The summed E-state index contributed by atoms with van der Waals surface area (Å²) in [6.45, 7) is 0.497. The van der Waals surface area contributed by atoms with Crippen LogP contribution >= 0.6 is 11.6 Å². The van der Waals surface area contributed by atoms with E-state index in [-0.39, 0.29) is 15.6 Å². The van der Waals surface area contributed by atoms with Crippen molar-refractivity contribution >= 4 is 44.2 Å². The highest BCUT2D eigenvalue weighted by atomic mass is 35.5. The quantitative estimate of drug-likeness (QED) is 0.403. The first-order chi connectivity index (χ1) is 15.0. The van der Waals surface area contributed by atoms with E-state index in [1.54, 1.807) is 12.4 Å². The lowest BCUT2D eigenvalue weighted by Crippen LogP contribution is -2.13. The van der Waals surface area contributed by atoms with E-state index < -0.39 is 10.2 Å². The molecule has 5 aromatic rings. The molecule has 0 bridgehead atoms. The van der Waals surface area contributed by atoms with Gasteiger partial charge in [0, 0.05) is 29.3 Å². The molecule has 31 heavy (non-hydrogen) atoms. The van der Waals surface area contributed by atoms with Crippen molar-refractivity contribution in [2.75, 3.05) is 5.32 Å². The molecular weight excluding hydrogens is 436 g/mol. The molecule has 10 heteroatoms. The maximum Gasteiger partial charge on any atom is 0.317 e. The summed E-state index contributed by atoms with van der Waals surface area (Å²) in [7, 11) is -3.94. The minimum atomic E-state index is -3.94. The minimum Gasteiger partial charge on any atom is -0.604 e. The molecule has 0 saturated heterocycles. The van der Waals surface area contributed by atoms with Crippen molar-refractivity contribution in [1.29, 1.82) is 0 Å². The summed E-state index contributed by atoms with van der Waals surface area (Å²) < 4.78 is 27.9. The molecule has 0 fully saturated rings. The van der Waals surface area contributed by atoms with Gasteiger partial charge in [-0.15, -0.1) is 0 Å². The van der Waals surface area contributed by atoms with E-state index in [1.165, 1.54) is 28.8 Å². The lowest BCUT2D eigenvalue weighted by Gasteiger charge is -2.13. The molecule has 1 unspecified atom stereocenters. The van der Waals surface area contributed by atoms with Crippen molar-refractivity contribution in [1.82, 2.24) is 24.8 Å². The highest BCUT2D eigenvalue weighted by Gasteiger charge is 2.32. The van der Waals surface area contributed by atoms with E-state index >= 15 is 0 Å². The molecule has 5 rings (SSSR count). The van der Waals surface area contributed by atoms with Crippen molar-refractivity contribution in [2.45, 2.75) is 16.5 Å². The van der Waals surface area contributed by atoms with Crippen LogP contribution in [0.2, 0.25) is 5.02 Å². The molecule has 0 aliphatic rings. The number of hydrogen-bond acceptors (Lipinski definition) is 7. The summed E-state index contributed by atoms with van der Waals surface area (Å²) in [5.74, 6) is 0.537. The number of rotatable bonds is 5. The Balaban J connectivity index is 1.65. The van der Waals surface area contributed by atoms with Crippen LogP contribution in [0.5, 0.6) is 0 Å². The highest BCUT2D eigenvalue weighted by molar-refractivity contribution is 7.97. The Morgan fingerprint density at radius 2 is 1.77 bits per heavy atom. The Kier molecular flexibility index (Phi) is 4.85. The Morgan fingerprint density at radius 1 is 1.03 bits per heavy atom. The zero-order valence-electron chi connectivity index (χ0n) is 16.0. The number of nitrogens with zero attached hydrogens (tertiary/aromatic N) is 5. The molecule has 1 N–H and O–H groups in total. The van der Waals surface area contributed by atoms with Crippen molar-refractivity contribution in [2.24, 2.45) is 0 Å². The van der Waals surface area contributed by atoms with Gasteiger partial charge in [-0.25, -0.2) is 4.98 Å². The number of para-hydroxylation sites is 1. The Bertz CT molecular complexity index is 1440. The zero-order chi connectivity index (χ0) is 21.4. The third kappa shape index (κ3) is 3.52. The van der Waals surface area contributed by atoms with Crippen LogP contribution in [0.1, 0.15) is 5.56 Å². The molecular formula is C21H15ClN6O2S. The maximum atomic E-state index is 13.2. The standard InChI is InChI=1S/C21H15ClN6O2S/c22-15-5-7-16(8-6-15)31(29,30)21-20-25-19(24-13-14-9-11-23-12-10-14)17-3-1-2-4-18(17)28(20)27-26-21/h1-12H,13H2,(H-,24,25,29,30). The predicted molar refractivity (Wildman–Crippen MR) is 117 cm³/mol. The smallest absolute Gasteiger partial charge is 0.317 e. The van der Waals surface area contributed by atoms with Gasteiger partial charge in [0.2, 0.25) is 5.65 Å². The van der Waals surface area contributed by atoms with Gasteiger partial charge in [-0.1, -0.05) is 38.3 Å². The summed E-state index contributed by atoms with van der Waals surface area (Å²) in [5, 5.41) is 12.4. The van der Waals surface area contributed by atoms with Crippen molar-refractivity contribution in [3.05, 3.63) is 83.6 Å². The van der Waals surface area contributed by atoms with Gasteiger partial charge in [0.15, 0.2) is 4.90 Å². The van der Waals surface area contributed by atoms with E-state index in [4.69, 9.17) is 11.6 Å². The van der Waals surface area contributed by atoms with Crippen LogP contribution in [-0.2, 0) is 21.0 Å². The van der Waals surface area contributed by atoms with Crippen LogP contribution in [0.25, 0.3) is 16.6 Å². The largest absolute Gasteiger partial charge is 0.604 e. The lowest BCUT2D eigenvalue weighted by atomic mass is 10.2. The molecule has 0 aliphatic heterocycles. The SMILES string of the molecule is O=[S+]([O-])(c1ccc(Cl)cc1)c1nnn2c1nc(NCc1ccncc1)c1ccccc12. The van der Waals surface area contributed by atoms with Crippen LogP contribution in [0.3, 0.4) is 0 Å². The van der Waals surface area contributed by atoms with Crippen LogP contribution in [0, 0.1) is 0 Å². The number of benzene rings is 2. The summed E-state index contributed by atoms with van der Waals surface area (Å²) >= 11 is 5.90. The number of aromatic nitrogens is 5. The van der Waals surface area contributed by atoms with Crippen molar-refractivity contribution in [3.8, 4) is 0 Å². The first kappa shape index (κ1) is 19.6. The topological polar surface area (TPSA) is 108 Å². The third-order valence-electron chi connectivity index (χ3n) is 4.81. The Morgan fingerprint density at radius 3 is 2.55 bits per heavy atom. The van der Waals surface area contributed by atoms with Gasteiger partial charge in [-0.2, -0.15) is 4.52 Å². The molecule has 2 aromatic carbocycles. The van der Waals surface area contributed by atoms with Gasteiger partial charge in [0.25, 0.3) is 0 Å². The van der Waals surface area contributed by atoms with Crippen LogP contribution in [0.15, 0.2) is 83.0 Å². The summed E-state index contributed by atoms with van der Waals surface area (Å²) in [5.41, 5.74) is 1.85. The molecule has 3 aromatic heterocycles. The molecule has 0 amide bonds. The molecule has 0 aliphatic carbocycles. The van der Waals surface area contributed by atoms with Crippen LogP contribution in [-0.4, -0.2) is 29.3 Å². The average Bonchev–Trinajstić information content (AvgIpc) is 3.23. The Hall–Kier alpha value is -3.40. The van der Waals surface area contributed by atoms with E-state index in [9.17, 15) is 8.76 Å². The second-order valence-electron chi connectivity index (χ2n) is 6.77. The van der Waals surface area contributed by atoms with E-state index in [2.05, 4.69) is 25.6 Å². The number of anilines is 1. The fraction of sp³-hybridized carbons (Fsp3) is 0.0476. The van der Waals surface area contributed by atoms with Crippen LogP contribution < -0.4 is 5.32 Å². The summed E-state index contributed by atoms with van der Waals surface area (Å²) in [4.78, 5) is 8.68. The first-order valence-electron chi connectivity index (χ1n) is 9.31. The number of sulfone groups is 1. The second-order valence-corrected chi connectivity index (χ2v) is 9.08. The normalized spacial score (nSPS) is 13.4. The van der Waals surface area contributed by atoms with E-state index in [1.807, 2.05) is 36.4 Å². The van der Waals surface area contributed by atoms with Crippen LogP contribution in [0.4, 0.5) is 5.82 Å². The second kappa shape index (κ2) is 7.69. The number of halogens is 1. The fourth-order valence-electron chi connectivity index (χ4n) is 3.27. The van der Waals surface area contributed by atoms with Crippen molar-refractivity contribution in [3.63, 3.8) is 0 Å². The van der Waals surface area contributed by atoms with Gasteiger partial charge in [-0.05, 0) is 54.1 Å². The van der Waals surface area contributed by atoms with Gasteiger partial charge in [0.1, 0.15) is 16.0 Å². The summed E-state index contributed by atoms with van der Waals surface area (Å²) in [6, 6.07) is 17.2. The number of nitrogens with one attached hydrogen (secondary N) is 1. The summed E-state index contributed by atoms with van der Waals surface area (Å²) in [6.07, 6.45) is 3.42. The molecule has 8 nitrogen and oxygen atoms in total. The highest BCUT2D eigenvalue weighted by Crippen LogP contribution is 2.31. The van der Waals surface area contributed by atoms with Gasteiger partial charge in [0.05, 0.1) is 5.52 Å². The average molecular weight is 451 g/mol. The third-order valence-corrected chi connectivity index (χ3v) is 6.73. The predicted octanol–water partition coefficient (Wildman–Crippen LogP) is 3.99. The monoisotopic (exact) mass is 450 g/mol. The number of pyridine rings is 1. The zero-order valence-corrected chi connectivity index (χ0v) is 17.5. The first-order valence-corrected chi connectivity index (χ1v) is 11.2. The molecule has 0 saturated carbocycles. The van der Waals surface area contributed by atoms with Gasteiger partial charge < -0.3 is 9.87 Å². The fourth-order valence-corrected chi connectivity index (χ4v) is 4.63. The maximum absolute atomic E-state index is 13.2. The molecule has 154 valence electrons. The number of hydrogen-bond donors (Lipinski definition) is 1. The molecule has 0 spiro atoms. The molecule has 0 radical (unpaired) electrons. The number of fused-ring (bicyclic) bond motifs is 3. The molecule has 1 atom stereocenters. The van der Waals surface area contributed by atoms with Gasteiger partial charge in [-0.3, -0.25) is 4.98 Å². The van der Waals surface area contributed by atoms with Gasteiger partial charge >= 0.3 is 5.03 Å². The van der Waals surface area contributed by atoms with Crippen molar-refractivity contribution < 1.29 is 8.76 Å². The van der Waals surface area contributed by atoms with E-state index in [0.29, 0.717) is 22.9 Å². The Labute approximate surface area is 183 Å². The van der Waals surface area contributed by atoms with E-state index in [0.717, 1.165) is 10.9 Å². The molecule has 3 heterocycles. The lowest BCUT2D eigenvalue weighted by molar-refractivity contribution is 0.475.